The second-order valence-corrected chi connectivity index (χ2v) is 15.3. The van der Waals surface area contributed by atoms with E-state index < -0.39 is 5.79 Å². The molecule has 1 saturated heterocycles. The Morgan fingerprint density at radius 1 is 0.686 bits per heavy atom. The second kappa shape index (κ2) is 31.5. The summed E-state index contributed by atoms with van der Waals surface area (Å²) in [5, 5.41) is 8.67. The highest BCUT2D eigenvalue weighted by Crippen LogP contribution is 2.35. The molecule has 6 nitrogen and oxygen atoms in total. The Hall–Kier alpha value is -2.02. The van der Waals surface area contributed by atoms with E-state index in [4.69, 9.17) is 9.47 Å². The molecule has 2 unspecified atom stereocenters. The molecule has 1 aromatic rings. The number of ether oxygens (including phenoxy) is 2. The first-order chi connectivity index (χ1) is 25.1. The van der Waals surface area contributed by atoms with E-state index in [2.05, 4.69) is 98.0 Å². The summed E-state index contributed by atoms with van der Waals surface area (Å²) in [5.41, 5.74) is 1.01. The van der Waals surface area contributed by atoms with Crippen LogP contribution in [-0.2, 0) is 22.6 Å². The summed E-state index contributed by atoms with van der Waals surface area (Å²) in [4.78, 5) is 2.12. The van der Waals surface area contributed by atoms with Gasteiger partial charge in [-0.05, 0) is 91.1 Å². The zero-order valence-corrected chi connectivity index (χ0v) is 33.9. The van der Waals surface area contributed by atoms with E-state index >= 15 is 0 Å². The molecule has 1 aliphatic rings. The van der Waals surface area contributed by atoms with Crippen LogP contribution in [0, 0.1) is 0 Å². The molecule has 2 heterocycles. The fraction of sp³-hybridized carbons (Fsp3) is 0.778. The average molecular weight is 709 g/mol. The number of unbranched alkanes of at least 4 members (excludes halogenated alkanes) is 18. The summed E-state index contributed by atoms with van der Waals surface area (Å²) in [6.45, 7) is 6.86. The van der Waals surface area contributed by atoms with Crippen molar-refractivity contribution in [2.24, 2.45) is 0 Å². The van der Waals surface area contributed by atoms with Crippen molar-refractivity contribution < 1.29 is 9.47 Å². The third kappa shape index (κ3) is 24.8. The van der Waals surface area contributed by atoms with Crippen molar-refractivity contribution in [3.63, 3.8) is 0 Å². The minimum absolute atomic E-state index is 0.135. The summed E-state index contributed by atoms with van der Waals surface area (Å²) < 4.78 is 15.3. The Morgan fingerprint density at radius 3 is 1.75 bits per heavy atom. The number of allylic oxidation sites excluding steroid dienone is 8. The van der Waals surface area contributed by atoms with E-state index in [0.29, 0.717) is 6.61 Å². The highest BCUT2D eigenvalue weighted by molar-refractivity contribution is 5.02. The van der Waals surface area contributed by atoms with Gasteiger partial charge in [0.2, 0.25) is 0 Å². The highest BCUT2D eigenvalue weighted by Gasteiger charge is 2.40. The van der Waals surface area contributed by atoms with Gasteiger partial charge in [-0.1, -0.05) is 145 Å². The number of hydrogen-bond donors (Lipinski definition) is 0. The molecule has 1 fully saturated rings. The quantitative estimate of drug-likeness (QED) is 0.0405. The van der Waals surface area contributed by atoms with Gasteiger partial charge in [0.1, 0.15) is 0 Å². The summed E-state index contributed by atoms with van der Waals surface area (Å²) >= 11 is 0. The molecule has 1 aliphatic heterocycles. The molecule has 0 N–H and O–H groups in total. The van der Waals surface area contributed by atoms with Crippen molar-refractivity contribution >= 4 is 0 Å². The molecule has 0 bridgehead atoms. The monoisotopic (exact) mass is 709 g/mol. The van der Waals surface area contributed by atoms with Gasteiger partial charge in [-0.2, -0.15) is 0 Å². The summed E-state index contributed by atoms with van der Waals surface area (Å²) in [7, 11) is 4.12. The molecular weight excluding hydrogens is 629 g/mol. The fourth-order valence-corrected chi connectivity index (χ4v) is 6.87. The topological polar surface area (TPSA) is 52.4 Å². The number of aromatic nitrogens is 3. The molecule has 2 atom stereocenters. The largest absolute Gasteiger partial charge is 0.347 e. The normalized spacial score (nSPS) is 18.3. The summed E-state index contributed by atoms with van der Waals surface area (Å²) in [6, 6.07) is 0. The lowest BCUT2D eigenvalue weighted by atomic mass is 9.98. The van der Waals surface area contributed by atoms with Gasteiger partial charge in [-0.25, -0.2) is 0 Å². The first-order valence-electron chi connectivity index (χ1n) is 21.5. The lowest BCUT2D eigenvalue weighted by molar-refractivity contribution is -0.180. The van der Waals surface area contributed by atoms with Crippen LogP contribution < -0.4 is 0 Å². The van der Waals surface area contributed by atoms with Gasteiger partial charge in [0, 0.05) is 32.1 Å². The van der Waals surface area contributed by atoms with Crippen LogP contribution in [0.3, 0.4) is 0 Å². The van der Waals surface area contributed by atoms with Crippen molar-refractivity contribution in [3.8, 4) is 0 Å². The van der Waals surface area contributed by atoms with E-state index in [9.17, 15) is 0 Å². The highest BCUT2D eigenvalue weighted by atomic mass is 16.7. The van der Waals surface area contributed by atoms with Gasteiger partial charge < -0.3 is 14.4 Å². The van der Waals surface area contributed by atoms with Crippen LogP contribution in [0.1, 0.15) is 186 Å². The summed E-state index contributed by atoms with van der Waals surface area (Å²) in [6.07, 6.45) is 53.1. The van der Waals surface area contributed by atoms with E-state index in [1.165, 1.54) is 141 Å². The first-order valence-corrected chi connectivity index (χ1v) is 21.5. The zero-order chi connectivity index (χ0) is 36.5. The van der Waals surface area contributed by atoms with Crippen LogP contribution >= 0.6 is 0 Å². The molecule has 2 rings (SSSR count). The molecule has 0 spiro atoms. The maximum Gasteiger partial charge on any atom is 0.168 e. The van der Waals surface area contributed by atoms with Crippen molar-refractivity contribution in [1.82, 2.24) is 19.9 Å². The molecule has 0 radical (unpaired) electrons. The van der Waals surface area contributed by atoms with Gasteiger partial charge in [0.05, 0.1) is 18.4 Å². The van der Waals surface area contributed by atoms with Crippen molar-refractivity contribution in [3.05, 3.63) is 60.5 Å². The molecule has 51 heavy (non-hydrogen) atoms. The van der Waals surface area contributed by atoms with Gasteiger partial charge in [0.25, 0.3) is 0 Å². The van der Waals surface area contributed by atoms with E-state index in [1.54, 1.807) is 0 Å². The SMILES string of the molecule is CCCCC/C=C\C=C\CCCCCCCCC1(CCCCCCCC/C=C\C/C=C\CCCCC)OCC(CCn2cc(CN(C)C)nn2)O1. The van der Waals surface area contributed by atoms with E-state index in [1.807, 2.05) is 4.68 Å². The predicted octanol–water partition coefficient (Wildman–Crippen LogP) is 12.9. The lowest BCUT2D eigenvalue weighted by Crippen LogP contribution is -2.31. The lowest BCUT2D eigenvalue weighted by Gasteiger charge is -2.28. The Bertz CT molecular complexity index is 1040. The number of hydrogen-bond acceptors (Lipinski definition) is 5. The molecule has 1 aromatic heterocycles. The molecule has 0 aromatic carbocycles. The minimum atomic E-state index is -0.396. The van der Waals surface area contributed by atoms with Gasteiger partial charge >= 0.3 is 0 Å². The van der Waals surface area contributed by atoms with Crippen molar-refractivity contribution in [2.45, 2.75) is 206 Å². The molecule has 0 aliphatic carbocycles. The van der Waals surface area contributed by atoms with Crippen molar-refractivity contribution in [2.75, 3.05) is 20.7 Å². The Labute approximate surface area is 315 Å². The molecule has 0 amide bonds. The first kappa shape index (κ1) is 45.1. The third-order valence-electron chi connectivity index (χ3n) is 9.95. The van der Waals surface area contributed by atoms with Crippen LogP contribution in [0.15, 0.2) is 54.8 Å². The number of aryl methyl sites for hydroxylation is 1. The predicted molar refractivity (Wildman–Crippen MR) is 219 cm³/mol. The molecule has 0 saturated carbocycles. The van der Waals surface area contributed by atoms with E-state index in [0.717, 1.165) is 44.5 Å². The van der Waals surface area contributed by atoms with Crippen LogP contribution in [-0.4, -0.2) is 52.5 Å². The van der Waals surface area contributed by atoms with Gasteiger partial charge in [-0.3, -0.25) is 4.68 Å². The maximum absolute atomic E-state index is 6.77. The molecule has 292 valence electrons. The van der Waals surface area contributed by atoms with Crippen LogP contribution in [0.2, 0.25) is 0 Å². The Balaban J connectivity index is 1.64. The number of rotatable bonds is 34. The third-order valence-corrected chi connectivity index (χ3v) is 9.95. The summed E-state index contributed by atoms with van der Waals surface area (Å²) in [5.74, 6) is -0.396. The van der Waals surface area contributed by atoms with Crippen molar-refractivity contribution in [1.29, 1.82) is 0 Å². The Morgan fingerprint density at radius 2 is 1.20 bits per heavy atom. The fourth-order valence-electron chi connectivity index (χ4n) is 6.87. The average Bonchev–Trinajstić information content (AvgIpc) is 3.75. The zero-order valence-electron chi connectivity index (χ0n) is 33.9. The van der Waals surface area contributed by atoms with Gasteiger partial charge in [0.15, 0.2) is 5.79 Å². The number of nitrogens with zero attached hydrogens (tertiary/aromatic N) is 4. The maximum atomic E-state index is 6.77. The van der Waals surface area contributed by atoms with Crippen LogP contribution in [0.5, 0.6) is 0 Å². The molecule has 6 heteroatoms. The smallest absolute Gasteiger partial charge is 0.168 e. The Kier molecular flexibility index (Phi) is 27.9. The second-order valence-electron chi connectivity index (χ2n) is 15.3. The van der Waals surface area contributed by atoms with Gasteiger partial charge in [-0.15, -0.1) is 5.10 Å². The van der Waals surface area contributed by atoms with Crippen LogP contribution in [0.4, 0.5) is 0 Å². The molecular formula is C45H80N4O2. The standard InChI is InChI=1S/C45H80N4O2/c1-5-7-9-11-13-15-17-19-21-23-25-27-29-31-33-35-38-45(37-34-32-30-28-26-24-22-20-18-16-14-12-10-8-6-2)50-42-44(51-45)36-39-49-41-43(46-47-49)40-48(3)4/h13-16,18-21,41,44H,5-12,17,22-40,42H2,1-4H3/b15-13-,16-14-,20-18+,21-19-. The van der Waals surface area contributed by atoms with E-state index in [-0.39, 0.29) is 6.10 Å². The minimum Gasteiger partial charge on any atom is -0.347 e. The van der Waals surface area contributed by atoms with Crippen LogP contribution in [0.25, 0.3) is 0 Å².